The lowest BCUT2D eigenvalue weighted by atomic mass is 10.3. The van der Waals surface area contributed by atoms with Crippen LogP contribution in [0, 0.1) is 0 Å². The lowest BCUT2D eigenvalue weighted by Gasteiger charge is -2.01. The minimum atomic E-state index is -2.44. The fraction of sp³-hybridized carbons (Fsp3) is 0.667. The van der Waals surface area contributed by atoms with Gasteiger partial charge in [0.2, 0.25) is 0 Å². The number of nitrogens with two attached hydrogens (primary N) is 1. The normalized spacial score (nSPS) is 15.2. The van der Waals surface area contributed by atoms with Crippen LogP contribution < -0.4 is 5.73 Å². The second kappa shape index (κ2) is 4.44. The quantitative estimate of drug-likeness (QED) is 0.584. The van der Waals surface area contributed by atoms with Crippen molar-refractivity contribution in [2.75, 3.05) is 0 Å². The zero-order valence-corrected chi connectivity index (χ0v) is 5.35. The zero-order valence-electron chi connectivity index (χ0n) is 5.35. The minimum absolute atomic E-state index is 0.750. The predicted octanol–water partition coefficient (Wildman–Crippen LogP) is 1.54. The number of halogens is 2. The summed E-state index contributed by atoms with van der Waals surface area (Å²) in [6.07, 6.45) is 1.27. The lowest BCUT2D eigenvalue weighted by molar-refractivity contribution is 0.133. The summed E-state index contributed by atoms with van der Waals surface area (Å²) in [5.41, 5.74) is 4.97. The van der Waals surface area contributed by atoms with Gasteiger partial charge < -0.3 is 5.73 Å². The van der Waals surface area contributed by atoms with Crippen LogP contribution in [0.5, 0.6) is 0 Å². The maximum absolute atomic E-state index is 11.6. The Morgan fingerprint density at radius 3 is 2.44 bits per heavy atom. The van der Waals surface area contributed by atoms with Gasteiger partial charge >= 0.3 is 0 Å². The van der Waals surface area contributed by atoms with Crippen LogP contribution in [0.15, 0.2) is 12.2 Å². The van der Waals surface area contributed by atoms with Crippen LogP contribution >= 0.6 is 0 Å². The van der Waals surface area contributed by atoms with Crippen molar-refractivity contribution >= 4 is 0 Å². The Balaban J connectivity index is 3.48. The summed E-state index contributed by atoms with van der Waals surface area (Å²) in [5.74, 6) is 0. The first kappa shape index (κ1) is 8.56. The molecule has 3 heteroatoms. The smallest absolute Gasteiger partial charge is 0.256 e. The summed E-state index contributed by atoms with van der Waals surface area (Å²) in [7, 11) is 0. The highest BCUT2D eigenvalue weighted by Gasteiger charge is 2.09. The van der Waals surface area contributed by atoms with Crippen LogP contribution in [0.1, 0.15) is 13.3 Å². The summed E-state index contributed by atoms with van der Waals surface area (Å²) < 4.78 is 23.2. The molecule has 0 aliphatic rings. The Morgan fingerprint density at radius 1 is 1.56 bits per heavy atom. The van der Waals surface area contributed by atoms with E-state index in [-0.39, 0.29) is 0 Å². The van der Waals surface area contributed by atoms with Crippen LogP contribution in [0.4, 0.5) is 8.78 Å². The Morgan fingerprint density at radius 2 is 2.11 bits per heavy atom. The van der Waals surface area contributed by atoms with Crippen LogP contribution in [-0.4, -0.2) is 12.5 Å². The topological polar surface area (TPSA) is 26.0 Å². The van der Waals surface area contributed by atoms with Gasteiger partial charge in [-0.25, -0.2) is 8.78 Å². The van der Waals surface area contributed by atoms with Gasteiger partial charge in [-0.3, -0.25) is 0 Å². The van der Waals surface area contributed by atoms with Gasteiger partial charge in [0.05, 0.1) is 6.04 Å². The number of hydrogen-bond acceptors (Lipinski definition) is 1. The predicted molar refractivity (Wildman–Crippen MR) is 33.4 cm³/mol. The van der Waals surface area contributed by atoms with E-state index in [1.165, 1.54) is 6.08 Å². The minimum Gasteiger partial charge on any atom is -0.320 e. The summed E-state index contributed by atoms with van der Waals surface area (Å²) >= 11 is 0. The molecule has 0 radical (unpaired) electrons. The van der Waals surface area contributed by atoms with Gasteiger partial charge in [-0.15, -0.1) is 0 Å². The molecule has 0 spiro atoms. The molecule has 0 saturated heterocycles. The highest BCUT2D eigenvalue weighted by Crippen LogP contribution is 1.98. The van der Waals surface area contributed by atoms with E-state index in [0.29, 0.717) is 0 Å². The van der Waals surface area contributed by atoms with Gasteiger partial charge in [-0.2, -0.15) is 0 Å². The molecular formula is C6H11F2N. The number of hydrogen-bond donors (Lipinski definition) is 1. The van der Waals surface area contributed by atoms with E-state index in [9.17, 15) is 8.78 Å². The first-order valence-electron chi connectivity index (χ1n) is 2.89. The molecule has 0 aliphatic carbocycles. The van der Waals surface area contributed by atoms with Crippen molar-refractivity contribution in [3.8, 4) is 0 Å². The molecule has 0 aromatic carbocycles. The maximum Gasteiger partial charge on any atom is 0.256 e. The molecule has 0 fully saturated rings. The molecule has 1 nitrogen and oxygen atoms in total. The molecule has 9 heavy (non-hydrogen) atoms. The van der Waals surface area contributed by atoms with Crippen LogP contribution in [-0.2, 0) is 0 Å². The van der Waals surface area contributed by atoms with E-state index < -0.39 is 12.5 Å². The monoisotopic (exact) mass is 135 g/mol. The molecule has 54 valence electrons. The van der Waals surface area contributed by atoms with E-state index in [2.05, 4.69) is 0 Å². The molecule has 1 unspecified atom stereocenters. The zero-order chi connectivity index (χ0) is 7.28. The maximum atomic E-state index is 11.6. The third-order valence-electron chi connectivity index (χ3n) is 0.885. The van der Waals surface area contributed by atoms with Gasteiger partial charge in [0, 0.05) is 0 Å². The summed E-state index contributed by atoms with van der Waals surface area (Å²) in [5, 5.41) is 0. The van der Waals surface area contributed by atoms with E-state index in [1.54, 1.807) is 6.08 Å². The Bertz CT molecular complexity index is 91.1. The largest absolute Gasteiger partial charge is 0.320 e. The molecule has 0 aromatic rings. The first-order chi connectivity index (χ1) is 4.18. The van der Waals surface area contributed by atoms with Crippen molar-refractivity contribution in [2.45, 2.75) is 25.8 Å². The molecular weight excluding hydrogens is 124 g/mol. The van der Waals surface area contributed by atoms with E-state index in [1.807, 2.05) is 6.92 Å². The molecule has 0 rings (SSSR count). The molecule has 2 N–H and O–H groups in total. The average molecular weight is 135 g/mol. The van der Waals surface area contributed by atoms with Crippen molar-refractivity contribution in [3.63, 3.8) is 0 Å². The third-order valence-corrected chi connectivity index (χ3v) is 0.885. The average Bonchev–Trinajstić information content (AvgIpc) is 1.82. The Hall–Kier alpha value is -0.440. The molecule has 0 amide bonds. The number of alkyl halides is 2. The van der Waals surface area contributed by atoms with Crippen LogP contribution in [0.25, 0.3) is 0 Å². The summed E-state index contributed by atoms with van der Waals surface area (Å²) in [6.45, 7) is 1.87. The van der Waals surface area contributed by atoms with Crippen molar-refractivity contribution in [1.29, 1.82) is 0 Å². The Labute approximate surface area is 53.5 Å². The molecule has 0 bridgehead atoms. The van der Waals surface area contributed by atoms with Gasteiger partial charge in [-0.05, 0) is 6.42 Å². The fourth-order valence-corrected chi connectivity index (χ4v) is 0.377. The van der Waals surface area contributed by atoms with Gasteiger partial charge in [0.15, 0.2) is 0 Å². The van der Waals surface area contributed by atoms with E-state index >= 15 is 0 Å². The lowest BCUT2D eigenvalue weighted by Crippen LogP contribution is -2.25. The van der Waals surface area contributed by atoms with Crippen molar-refractivity contribution < 1.29 is 8.78 Å². The van der Waals surface area contributed by atoms with Crippen LogP contribution in [0.2, 0.25) is 0 Å². The molecule has 0 saturated carbocycles. The van der Waals surface area contributed by atoms with Gasteiger partial charge in [0.1, 0.15) is 0 Å². The standard InChI is InChI=1S/C6H11F2N/c1-2-3-4-5(9)6(7)8/h3-6H,2,9H2,1H3/b4-3+. The molecule has 0 aliphatic heterocycles. The van der Waals surface area contributed by atoms with Crippen LogP contribution in [0.3, 0.4) is 0 Å². The summed E-state index contributed by atoms with van der Waals surface area (Å²) in [6, 6.07) is -1.09. The second-order valence-corrected chi connectivity index (χ2v) is 1.75. The van der Waals surface area contributed by atoms with Crippen molar-refractivity contribution in [2.24, 2.45) is 5.73 Å². The highest BCUT2D eigenvalue weighted by molar-refractivity contribution is 4.91. The third kappa shape index (κ3) is 4.09. The fourth-order valence-electron chi connectivity index (χ4n) is 0.377. The molecule has 1 atom stereocenters. The van der Waals surface area contributed by atoms with E-state index in [0.717, 1.165) is 6.42 Å². The van der Waals surface area contributed by atoms with E-state index in [4.69, 9.17) is 5.73 Å². The molecule has 0 heterocycles. The van der Waals surface area contributed by atoms with Crippen molar-refractivity contribution in [3.05, 3.63) is 12.2 Å². The second-order valence-electron chi connectivity index (χ2n) is 1.75. The van der Waals surface area contributed by atoms with Crippen molar-refractivity contribution in [1.82, 2.24) is 0 Å². The number of allylic oxidation sites excluding steroid dienone is 1. The van der Waals surface area contributed by atoms with Gasteiger partial charge in [-0.1, -0.05) is 19.1 Å². The molecule has 0 aromatic heterocycles. The Kier molecular flexibility index (Phi) is 4.22. The number of rotatable bonds is 3. The first-order valence-corrected chi connectivity index (χ1v) is 2.89. The highest BCUT2D eigenvalue weighted by atomic mass is 19.3. The SMILES string of the molecule is CC/C=C/C(N)C(F)F. The summed E-state index contributed by atoms with van der Waals surface area (Å²) in [4.78, 5) is 0. The van der Waals surface area contributed by atoms with Gasteiger partial charge in [0.25, 0.3) is 6.43 Å².